The van der Waals surface area contributed by atoms with Gasteiger partial charge in [-0.1, -0.05) is 0 Å². The molecule has 0 fully saturated rings. The van der Waals surface area contributed by atoms with Gasteiger partial charge in [0.05, 0.1) is 18.3 Å². The van der Waals surface area contributed by atoms with Gasteiger partial charge in [0.2, 0.25) is 0 Å². The Labute approximate surface area is 105 Å². The number of nitrogens with one attached hydrogen (secondary N) is 2. The third-order valence-corrected chi connectivity index (χ3v) is 2.18. The lowest BCUT2D eigenvalue weighted by Crippen LogP contribution is -2.46. The summed E-state index contributed by atoms with van der Waals surface area (Å²) in [6.07, 6.45) is 3.06. The molecule has 0 spiro atoms. The van der Waals surface area contributed by atoms with Gasteiger partial charge in [-0.25, -0.2) is 4.79 Å². The molecule has 1 aromatic rings. The highest BCUT2D eigenvalue weighted by atomic mass is 16.4. The van der Waals surface area contributed by atoms with E-state index in [4.69, 9.17) is 5.11 Å². The number of pyridine rings is 1. The lowest BCUT2D eigenvalue weighted by Gasteiger charge is -2.24. The monoisotopic (exact) mass is 251 g/mol. The molecule has 0 saturated heterocycles. The van der Waals surface area contributed by atoms with Crippen LogP contribution in [0, 0.1) is 6.92 Å². The van der Waals surface area contributed by atoms with E-state index in [1.807, 2.05) is 6.92 Å². The summed E-state index contributed by atoms with van der Waals surface area (Å²) in [5, 5.41) is 13.9. The van der Waals surface area contributed by atoms with Crippen LogP contribution in [0.15, 0.2) is 18.5 Å². The van der Waals surface area contributed by atoms with Gasteiger partial charge in [-0.3, -0.25) is 9.78 Å². The van der Waals surface area contributed by atoms with E-state index >= 15 is 0 Å². The quantitative estimate of drug-likeness (QED) is 0.760. The van der Waals surface area contributed by atoms with Gasteiger partial charge in [0.25, 0.3) is 0 Å². The lowest BCUT2D eigenvalue weighted by molar-refractivity contribution is -0.138. The molecule has 0 aliphatic rings. The zero-order valence-corrected chi connectivity index (χ0v) is 10.7. The zero-order chi connectivity index (χ0) is 13.8. The van der Waals surface area contributed by atoms with E-state index in [0.717, 1.165) is 5.56 Å². The first-order chi connectivity index (χ1) is 8.28. The number of aryl methyl sites for hydroxylation is 1. The molecule has 1 aromatic heterocycles. The van der Waals surface area contributed by atoms with Gasteiger partial charge >= 0.3 is 12.0 Å². The van der Waals surface area contributed by atoms with Crippen LogP contribution >= 0.6 is 0 Å². The SMILES string of the molecule is Cc1cncc(NC(=O)NC(C)(C)CC(=O)O)c1. The Morgan fingerprint density at radius 2 is 2.06 bits per heavy atom. The Balaban J connectivity index is 2.59. The summed E-state index contributed by atoms with van der Waals surface area (Å²) >= 11 is 0. The first-order valence-electron chi connectivity index (χ1n) is 5.51. The van der Waals surface area contributed by atoms with Crippen LogP contribution in [0.3, 0.4) is 0 Å². The van der Waals surface area contributed by atoms with E-state index < -0.39 is 17.5 Å². The predicted octanol–water partition coefficient (Wildman–Crippen LogP) is 1.76. The number of carbonyl (C=O) groups excluding carboxylic acids is 1. The second kappa shape index (κ2) is 5.48. The third-order valence-electron chi connectivity index (χ3n) is 2.18. The molecule has 0 atom stereocenters. The first-order valence-corrected chi connectivity index (χ1v) is 5.51. The molecule has 0 bridgehead atoms. The average molecular weight is 251 g/mol. The van der Waals surface area contributed by atoms with Gasteiger partial charge in [0.15, 0.2) is 0 Å². The fourth-order valence-corrected chi connectivity index (χ4v) is 1.52. The largest absolute Gasteiger partial charge is 0.481 e. The number of carbonyl (C=O) groups is 2. The Bertz CT molecular complexity index is 458. The maximum absolute atomic E-state index is 11.7. The molecule has 98 valence electrons. The topological polar surface area (TPSA) is 91.3 Å². The maximum Gasteiger partial charge on any atom is 0.319 e. The van der Waals surface area contributed by atoms with Crippen LogP contribution < -0.4 is 10.6 Å². The molecule has 3 N–H and O–H groups in total. The molecule has 0 aromatic carbocycles. The van der Waals surface area contributed by atoms with Crippen molar-refractivity contribution in [2.45, 2.75) is 32.7 Å². The van der Waals surface area contributed by atoms with Gasteiger partial charge in [-0.05, 0) is 32.4 Å². The van der Waals surface area contributed by atoms with Gasteiger partial charge in [0.1, 0.15) is 0 Å². The number of rotatable bonds is 4. The van der Waals surface area contributed by atoms with E-state index in [0.29, 0.717) is 5.69 Å². The minimum atomic E-state index is -0.961. The molecule has 0 aliphatic heterocycles. The Kier molecular flexibility index (Phi) is 4.25. The molecule has 1 heterocycles. The summed E-state index contributed by atoms with van der Waals surface area (Å²) in [4.78, 5) is 26.2. The Hall–Kier alpha value is -2.11. The zero-order valence-electron chi connectivity index (χ0n) is 10.7. The Morgan fingerprint density at radius 3 is 2.61 bits per heavy atom. The number of aromatic nitrogens is 1. The van der Waals surface area contributed by atoms with Crippen LogP contribution in [0.25, 0.3) is 0 Å². The highest BCUT2D eigenvalue weighted by Gasteiger charge is 2.23. The summed E-state index contributed by atoms with van der Waals surface area (Å²) in [6.45, 7) is 5.16. The summed E-state index contributed by atoms with van der Waals surface area (Å²) in [6, 6.07) is 1.32. The molecular formula is C12H17N3O3. The molecule has 0 radical (unpaired) electrons. The van der Waals surface area contributed by atoms with Crippen molar-refractivity contribution >= 4 is 17.7 Å². The van der Waals surface area contributed by atoms with E-state index in [2.05, 4.69) is 15.6 Å². The van der Waals surface area contributed by atoms with E-state index in [-0.39, 0.29) is 6.42 Å². The molecule has 6 heteroatoms. The lowest BCUT2D eigenvalue weighted by atomic mass is 10.0. The van der Waals surface area contributed by atoms with E-state index in [1.165, 1.54) is 6.20 Å². The molecular weight excluding hydrogens is 234 g/mol. The third kappa shape index (κ3) is 4.82. The second-order valence-corrected chi connectivity index (χ2v) is 4.78. The number of hydrogen-bond acceptors (Lipinski definition) is 3. The number of anilines is 1. The molecule has 0 aliphatic carbocycles. The average Bonchev–Trinajstić information content (AvgIpc) is 2.13. The summed E-state index contributed by atoms with van der Waals surface area (Å²) in [5.41, 5.74) is 0.684. The minimum Gasteiger partial charge on any atom is -0.481 e. The van der Waals surface area contributed by atoms with Crippen LogP contribution in [0.4, 0.5) is 10.5 Å². The van der Waals surface area contributed by atoms with Gasteiger partial charge in [0, 0.05) is 11.7 Å². The molecule has 0 saturated carbocycles. The smallest absolute Gasteiger partial charge is 0.319 e. The van der Waals surface area contributed by atoms with Crippen LogP contribution in [-0.4, -0.2) is 27.6 Å². The normalized spacial score (nSPS) is 10.8. The highest BCUT2D eigenvalue weighted by Crippen LogP contribution is 2.10. The van der Waals surface area contributed by atoms with Crippen LogP contribution in [0.5, 0.6) is 0 Å². The summed E-state index contributed by atoms with van der Waals surface area (Å²) < 4.78 is 0. The first kappa shape index (κ1) is 14.0. The van der Waals surface area contributed by atoms with Crippen molar-refractivity contribution in [3.63, 3.8) is 0 Å². The van der Waals surface area contributed by atoms with E-state index in [9.17, 15) is 9.59 Å². The predicted molar refractivity (Wildman–Crippen MR) is 67.5 cm³/mol. The summed E-state index contributed by atoms with van der Waals surface area (Å²) in [5.74, 6) is -0.961. The molecule has 6 nitrogen and oxygen atoms in total. The molecule has 2 amide bonds. The fraction of sp³-hybridized carbons (Fsp3) is 0.417. The van der Waals surface area contributed by atoms with Gasteiger partial charge < -0.3 is 15.7 Å². The maximum atomic E-state index is 11.7. The minimum absolute atomic E-state index is 0.146. The standard InChI is InChI=1S/C12H17N3O3/c1-8-4-9(7-13-6-8)14-11(18)15-12(2,3)5-10(16)17/h4,6-7H,5H2,1-3H3,(H,16,17)(H2,14,15,18). The van der Waals surface area contributed by atoms with Gasteiger partial charge in [-0.15, -0.1) is 0 Å². The number of nitrogens with zero attached hydrogens (tertiary/aromatic N) is 1. The van der Waals surface area contributed by atoms with Crippen LogP contribution in [-0.2, 0) is 4.79 Å². The van der Waals surface area contributed by atoms with Crippen LogP contribution in [0.2, 0.25) is 0 Å². The number of aliphatic carboxylic acids is 1. The molecule has 0 unspecified atom stereocenters. The number of urea groups is 1. The fourth-order valence-electron chi connectivity index (χ4n) is 1.52. The van der Waals surface area contributed by atoms with Crippen molar-refractivity contribution in [2.75, 3.05) is 5.32 Å². The van der Waals surface area contributed by atoms with Crippen molar-refractivity contribution in [3.8, 4) is 0 Å². The number of carboxylic acids is 1. The molecule has 1 rings (SSSR count). The number of amides is 2. The highest BCUT2D eigenvalue weighted by molar-refractivity contribution is 5.90. The van der Waals surface area contributed by atoms with Crippen molar-refractivity contribution in [2.24, 2.45) is 0 Å². The molecule has 18 heavy (non-hydrogen) atoms. The van der Waals surface area contributed by atoms with Crippen molar-refractivity contribution in [3.05, 3.63) is 24.0 Å². The number of carboxylic acid groups (broad SMARTS) is 1. The summed E-state index contributed by atoms with van der Waals surface area (Å²) in [7, 11) is 0. The van der Waals surface area contributed by atoms with Crippen molar-refractivity contribution in [1.29, 1.82) is 0 Å². The number of hydrogen-bond donors (Lipinski definition) is 3. The van der Waals surface area contributed by atoms with Crippen molar-refractivity contribution in [1.82, 2.24) is 10.3 Å². The van der Waals surface area contributed by atoms with E-state index in [1.54, 1.807) is 26.1 Å². The van der Waals surface area contributed by atoms with Gasteiger partial charge in [-0.2, -0.15) is 0 Å². The van der Waals surface area contributed by atoms with Crippen LogP contribution in [0.1, 0.15) is 25.8 Å². The Morgan fingerprint density at radius 1 is 1.39 bits per heavy atom. The second-order valence-electron chi connectivity index (χ2n) is 4.78. The van der Waals surface area contributed by atoms with Crippen molar-refractivity contribution < 1.29 is 14.7 Å².